The number of hydrogen-bond acceptors (Lipinski definition) is 2. The summed E-state index contributed by atoms with van der Waals surface area (Å²) in [5, 5.41) is 0.667. The van der Waals surface area contributed by atoms with E-state index < -0.39 is 0 Å². The van der Waals surface area contributed by atoms with Crippen molar-refractivity contribution in [2.75, 3.05) is 26.2 Å². The number of piperidine rings is 2. The molecule has 0 N–H and O–H groups in total. The lowest BCUT2D eigenvalue weighted by Crippen LogP contribution is -2.57. The minimum Gasteiger partial charge on any atom is -0.338 e. The molecule has 3 nitrogen and oxygen atoms in total. The summed E-state index contributed by atoms with van der Waals surface area (Å²) in [6, 6.07) is 17.9. The Bertz CT molecular complexity index is 761. The molecule has 2 atom stereocenters. The molecule has 2 unspecified atom stereocenters. The van der Waals surface area contributed by atoms with E-state index in [2.05, 4.69) is 47.1 Å². The lowest BCUT2D eigenvalue weighted by Gasteiger charge is -2.50. The fourth-order valence-corrected chi connectivity index (χ4v) is 4.84. The minimum atomic E-state index is 0.133. The number of hydrogen-bond donors (Lipinski definition) is 0. The summed E-state index contributed by atoms with van der Waals surface area (Å²) in [5.41, 5.74) is 2.10. The first-order valence-corrected chi connectivity index (χ1v) is 10.2. The Labute approximate surface area is 166 Å². The molecule has 2 fully saturated rings. The summed E-state index contributed by atoms with van der Waals surface area (Å²) in [5.74, 6) is 2.73. The molecule has 1 amide bonds. The fourth-order valence-electron chi connectivity index (χ4n) is 4.71. The van der Waals surface area contributed by atoms with Gasteiger partial charge in [0.05, 0.1) is 0 Å². The van der Waals surface area contributed by atoms with Crippen LogP contribution in [-0.4, -0.2) is 41.9 Å². The van der Waals surface area contributed by atoms with Crippen LogP contribution in [0, 0.1) is 17.8 Å². The predicted octanol–water partition coefficient (Wildman–Crippen LogP) is 4.53. The molecule has 1 radical (unpaired) electrons. The molecule has 0 spiro atoms. The number of nitrogens with zero attached hydrogens (tertiary/aromatic N) is 2. The van der Waals surface area contributed by atoms with Crippen LogP contribution >= 0.6 is 11.6 Å². The third-order valence-electron chi connectivity index (χ3n) is 5.92. The van der Waals surface area contributed by atoms with Gasteiger partial charge in [-0.2, -0.15) is 0 Å². The molecule has 4 rings (SSSR count). The van der Waals surface area contributed by atoms with Gasteiger partial charge in [-0.3, -0.25) is 9.69 Å². The fraction of sp³-hybridized carbons (Fsp3) is 0.391. The van der Waals surface area contributed by atoms with Gasteiger partial charge >= 0.3 is 0 Å². The summed E-state index contributed by atoms with van der Waals surface area (Å²) >= 11 is 5.97. The maximum Gasteiger partial charge on any atom is 0.253 e. The lowest BCUT2D eigenvalue weighted by atomic mass is 9.72. The molecule has 2 saturated heterocycles. The number of rotatable bonds is 4. The normalized spacial score (nSPS) is 23.4. The van der Waals surface area contributed by atoms with Crippen LogP contribution in [0.1, 0.15) is 29.3 Å². The summed E-state index contributed by atoms with van der Waals surface area (Å²) in [6.45, 7) is 6.99. The van der Waals surface area contributed by atoms with Gasteiger partial charge in [-0.25, -0.2) is 0 Å². The van der Waals surface area contributed by atoms with E-state index >= 15 is 0 Å². The average Bonchev–Trinajstić information content (AvgIpc) is 2.67. The molecule has 2 heterocycles. The van der Waals surface area contributed by atoms with Crippen molar-refractivity contribution in [1.29, 1.82) is 0 Å². The van der Waals surface area contributed by atoms with Crippen LogP contribution in [0.3, 0.4) is 0 Å². The molecule has 2 aliphatic rings. The largest absolute Gasteiger partial charge is 0.338 e. The van der Waals surface area contributed by atoms with Crippen molar-refractivity contribution in [3.8, 4) is 0 Å². The lowest BCUT2D eigenvalue weighted by molar-refractivity contribution is 0.0347. The quantitative estimate of drug-likeness (QED) is 0.776. The Morgan fingerprint density at radius 1 is 0.963 bits per heavy atom. The smallest absolute Gasteiger partial charge is 0.253 e. The van der Waals surface area contributed by atoms with Gasteiger partial charge < -0.3 is 4.90 Å². The van der Waals surface area contributed by atoms with Crippen LogP contribution in [0.4, 0.5) is 0 Å². The van der Waals surface area contributed by atoms with Crippen molar-refractivity contribution in [1.82, 2.24) is 9.80 Å². The zero-order valence-corrected chi connectivity index (χ0v) is 16.5. The predicted molar refractivity (Wildman–Crippen MR) is 110 cm³/mol. The van der Waals surface area contributed by atoms with Gasteiger partial charge in [0.25, 0.3) is 5.91 Å². The van der Waals surface area contributed by atoms with Gasteiger partial charge in [0.1, 0.15) is 0 Å². The SMILES string of the molecule is CC[C]1C2CN(Cc3ccccc3)CC1CN(C(=O)c1ccc(Cl)cc1)C2. The molecule has 27 heavy (non-hydrogen) atoms. The van der Waals surface area contributed by atoms with E-state index in [1.54, 1.807) is 18.1 Å². The van der Waals surface area contributed by atoms with Crippen LogP contribution in [0.5, 0.6) is 0 Å². The van der Waals surface area contributed by atoms with E-state index in [0.29, 0.717) is 16.9 Å². The van der Waals surface area contributed by atoms with Crippen molar-refractivity contribution >= 4 is 17.5 Å². The van der Waals surface area contributed by atoms with Gasteiger partial charge in [-0.1, -0.05) is 48.9 Å². The summed E-state index contributed by atoms with van der Waals surface area (Å²) in [4.78, 5) is 17.6. The number of likely N-dealkylation sites (tertiary alicyclic amines) is 2. The number of amides is 1. The van der Waals surface area contributed by atoms with Crippen LogP contribution in [0.15, 0.2) is 54.6 Å². The van der Waals surface area contributed by atoms with Gasteiger partial charge in [0, 0.05) is 43.3 Å². The summed E-state index contributed by atoms with van der Waals surface area (Å²) in [6.07, 6.45) is 1.12. The minimum absolute atomic E-state index is 0.133. The molecule has 141 valence electrons. The maximum absolute atomic E-state index is 13.0. The van der Waals surface area contributed by atoms with Crippen LogP contribution in [-0.2, 0) is 6.54 Å². The maximum atomic E-state index is 13.0. The first-order valence-electron chi connectivity index (χ1n) is 9.80. The molecule has 2 aromatic rings. The number of carbonyl (C=O) groups is 1. The highest BCUT2D eigenvalue weighted by Gasteiger charge is 2.42. The third kappa shape index (κ3) is 4.04. The average molecular weight is 382 g/mol. The number of halogens is 1. The second-order valence-electron chi connectivity index (χ2n) is 7.72. The van der Waals surface area contributed by atoms with E-state index in [1.165, 1.54) is 5.56 Å². The Hall–Kier alpha value is -1.84. The van der Waals surface area contributed by atoms with E-state index in [9.17, 15) is 4.79 Å². The summed E-state index contributed by atoms with van der Waals surface area (Å²) in [7, 11) is 0. The Balaban J connectivity index is 1.46. The third-order valence-corrected chi connectivity index (χ3v) is 6.18. The molecular weight excluding hydrogens is 356 g/mol. The van der Waals surface area contributed by atoms with Crippen molar-refractivity contribution in [2.45, 2.75) is 19.9 Å². The van der Waals surface area contributed by atoms with E-state index in [-0.39, 0.29) is 5.91 Å². The van der Waals surface area contributed by atoms with Crippen LogP contribution in [0.25, 0.3) is 0 Å². The molecule has 0 aliphatic carbocycles. The zero-order chi connectivity index (χ0) is 18.8. The molecule has 2 aliphatic heterocycles. The van der Waals surface area contributed by atoms with Gasteiger partial charge in [-0.15, -0.1) is 0 Å². The van der Waals surface area contributed by atoms with Crippen molar-refractivity contribution in [2.24, 2.45) is 11.8 Å². The van der Waals surface area contributed by atoms with E-state index in [4.69, 9.17) is 11.6 Å². The highest BCUT2D eigenvalue weighted by atomic mass is 35.5. The van der Waals surface area contributed by atoms with Gasteiger partial charge in [-0.05, 0) is 54.0 Å². The molecule has 2 aromatic carbocycles. The standard InChI is InChI=1S/C23H26ClN2O/c1-2-22-19-13-25(12-17-6-4-3-5-7-17)14-20(22)16-26(15-19)23(27)18-8-10-21(24)11-9-18/h3-11,19-20H,2,12-16H2,1H3. The van der Waals surface area contributed by atoms with Crippen molar-refractivity contribution in [3.05, 3.63) is 76.7 Å². The monoisotopic (exact) mass is 381 g/mol. The Morgan fingerprint density at radius 3 is 2.19 bits per heavy atom. The molecule has 4 heteroatoms. The zero-order valence-electron chi connectivity index (χ0n) is 15.8. The topological polar surface area (TPSA) is 23.6 Å². The first-order chi connectivity index (χ1) is 13.1. The Morgan fingerprint density at radius 2 is 1.59 bits per heavy atom. The van der Waals surface area contributed by atoms with Crippen molar-refractivity contribution in [3.63, 3.8) is 0 Å². The van der Waals surface area contributed by atoms with E-state index in [1.807, 2.05) is 12.1 Å². The molecule has 2 bridgehead atoms. The first kappa shape index (κ1) is 18.5. The summed E-state index contributed by atoms with van der Waals surface area (Å²) < 4.78 is 0. The van der Waals surface area contributed by atoms with E-state index in [0.717, 1.165) is 44.7 Å². The Kier molecular flexibility index (Phi) is 5.51. The second kappa shape index (κ2) is 8.04. The van der Waals surface area contributed by atoms with Crippen molar-refractivity contribution < 1.29 is 4.79 Å². The van der Waals surface area contributed by atoms with Gasteiger partial charge in [0.2, 0.25) is 0 Å². The van der Waals surface area contributed by atoms with Crippen LogP contribution < -0.4 is 0 Å². The molecular formula is C23H26ClN2O. The van der Waals surface area contributed by atoms with Crippen LogP contribution in [0.2, 0.25) is 5.02 Å². The number of carbonyl (C=O) groups excluding carboxylic acids is 1. The number of benzene rings is 2. The highest BCUT2D eigenvalue weighted by Crippen LogP contribution is 2.39. The number of fused-ring (bicyclic) bond motifs is 2. The van der Waals surface area contributed by atoms with Gasteiger partial charge in [0.15, 0.2) is 0 Å². The molecule has 0 saturated carbocycles. The molecule has 0 aromatic heterocycles. The second-order valence-corrected chi connectivity index (χ2v) is 8.16. The highest BCUT2D eigenvalue weighted by molar-refractivity contribution is 6.30.